The molecule has 0 amide bonds. The first-order chi connectivity index (χ1) is 16.9. The Morgan fingerprint density at radius 3 is 2.57 bits per heavy atom. The topological polar surface area (TPSA) is 71.5 Å². The molecule has 0 fully saturated rings. The van der Waals surface area contributed by atoms with Crippen molar-refractivity contribution in [2.45, 2.75) is 45.7 Å². The van der Waals surface area contributed by atoms with E-state index in [-0.39, 0.29) is 18.5 Å². The van der Waals surface area contributed by atoms with Gasteiger partial charge in [-0.3, -0.25) is 9.78 Å². The molecule has 180 valence electrons. The molecule has 0 aliphatic rings. The molecule has 0 saturated heterocycles. The van der Waals surface area contributed by atoms with Crippen molar-refractivity contribution in [2.24, 2.45) is 0 Å². The van der Waals surface area contributed by atoms with Crippen molar-refractivity contribution in [3.63, 3.8) is 0 Å². The number of benzene rings is 3. The van der Waals surface area contributed by atoms with Crippen LogP contribution in [0.15, 0.2) is 72.8 Å². The zero-order chi connectivity index (χ0) is 24.9. The summed E-state index contributed by atoms with van der Waals surface area (Å²) in [5, 5.41) is 15.0. The maximum Gasteiger partial charge on any atom is 0.303 e. The number of hydrogen-bond donors (Lipinski definition) is 2. The fourth-order valence-corrected chi connectivity index (χ4v) is 4.46. The average Bonchev–Trinajstić information content (AvgIpc) is 2.87. The molecule has 1 aromatic heterocycles. The molecule has 2 atom stereocenters. The van der Waals surface area contributed by atoms with Crippen LogP contribution >= 0.6 is 0 Å². The van der Waals surface area contributed by atoms with Crippen LogP contribution in [0.5, 0.6) is 5.75 Å². The van der Waals surface area contributed by atoms with Gasteiger partial charge in [0.1, 0.15) is 5.75 Å². The second-order valence-corrected chi connectivity index (χ2v) is 9.04. The minimum atomic E-state index is -0.787. The van der Waals surface area contributed by atoms with E-state index in [0.29, 0.717) is 6.42 Å². The molecular formula is C30H32N2O3. The van der Waals surface area contributed by atoms with E-state index in [1.54, 1.807) is 7.11 Å². The third-order valence-electron chi connectivity index (χ3n) is 6.53. The fourth-order valence-electron chi connectivity index (χ4n) is 4.46. The predicted octanol–water partition coefficient (Wildman–Crippen LogP) is 6.65. The number of nitrogens with zero attached hydrogens (tertiary/aromatic N) is 1. The minimum absolute atomic E-state index is 0.0106. The number of methoxy groups -OCH3 is 1. The van der Waals surface area contributed by atoms with Gasteiger partial charge in [-0.2, -0.15) is 0 Å². The van der Waals surface area contributed by atoms with Gasteiger partial charge < -0.3 is 15.2 Å². The monoisotopic (exact) mass is 468 g/mol. The molecule has 4 rings (SSSR count). The molecule has 5 heteroatoms. The van der Waals surface area contributed by atoms with Crippen LogP contribution in [-0.4, -0.2) is 23.2 Å². The van der Waals surface area contributed by atoms with Crippen LogP contribution in [0.2, 0.25) is 0 Å². The lowest BCUT2D eigenvalue weighted by Gasteiger charge is -2.22. The number of rotatable bonds is 9. The molecule has 3 aromatic carbocycles. The maximum atomic E-state index is 11.1. The van der Waals surface area contributed by atoms with Gasteiger partial charge in [0.05, 0.1) is 18.5 Å². The molecule has 35 heavy (non-hydrogen) atoms. The van der Waals surface area contributed by atoms with Gasteiger partial charge in [0, 0.05) is 29.5 Å². The van der Waals surface area contributed by atoms with Gasteiger partial charge in [-0.15, -0.1) is 0 Å². The second kappa shape index (κ2) is 10.7. The fraction of sp³-hybridized carbons (Fsp3) is 0.267. The first-order valence-electron chi connectivity index (χ1n) is 12.0. The van der Waals surface area contributed by atoms with E-state index < -0.39 is 5.97 Å². The number of aromatic nitrogens is 1. The van der Waals surface area contributed by atoms with Crippen LogP contribution < -0.4 is 10.1 Å². The third kappa shape index (κ3) is 5.69. The Morgan fingerprint density at radius 2 is 1.80 bits per heavy atom. The highest BCUT2D eigenvalue weighted by Crippen LogP contribution is 2.31. The number of hydrogen-bond acceptors (Lipinski definition) is 4. The van der Waals surface area contributed by atoms with Gasteiger partial charge in [0.15, 0.2) is 0 Å². The quantitative estimate of drug-likeness (QED) is 0.288. The van der Waals surface area contributed by atoms with E-state index in [1.807, 2.05) is 31.2 Å². The smallest absolute Gasteiger partial charge is 0.303 e. The van der Waals surface area contributed by atoms with Crippen LogP contribution in [0.25, 0.3) is 22.0 Å². The molecule has 5 nitrogen and oxygen atoms in total. The number of carboxylic acids is 1. The number of aryl methyl sites for hydroxylation is 2. The van der Waals surface area contributed by atoms with Gasteiger partial charge in [-0.1, -0.05) is 48.5 Å². The zero-order valence-corrected chi connectivity index (χ0v) is 20.7. The van der Waals surface area contributed by atoms with E-state index in [2.05, 4.69) is 67.7 Å². The molecule has 0 bridgehead atoms. The van der Waals surface area contributed by atoms with Crippen molar-refractivity contribution < 1.29 is 14.6 Å². The molecule has 0 aliphatic carbocycles. The van der Waals surface area contributed by atoms with Gasteiger partial charge in [-0.05, 0) is 73.5 Å². The number of nitrogens with one attached hydrogen (secondary N) is 1. The Hall–Kier alpha value is -3.70. The van der Waals surface area contributed by atoms with Crippen molar-refractivity contribution in [1.82, 2.24) is 10.3 Å². The number of aliphatic carboxylic acids is 1. The van der Waals surface area contributed by atoms with E-state index in [4.69, 9.17) is 14.8 Å². The number of fused-ring (bicyclic) bond motifs is 1. The van der Waals surface area contributed by atoms with E-state index in [1.165, 1.54) is 0 Å². The number of ether oxygens (including phenoxy) is 1. The number of carboxylic acid groups (broad SMARTS) is 1. The van der Waals surface area contributed by atoms with Crippen molar-refractivity contribution in [2.75, 3.05) is 7.11 Å². The summed E-state index contributed by atoms with van der Waals surface area (Å²) in [6.45, 7) is 6.29. The average molecular weight is 469 g/mol. The molecule has 1 unspecified atom stereocenters. The summed E-state index contributed by atoms with van der Waals surface area (Å²) < 4.78 is 5.38. The highest BCUT2D eigenvalue weighted by molar-refractivity contribution is 5.95. The van der Waals surface area contributed by atoms with Crippen LogP contribution in [0.4, 0.5) is 0 Å². The summed E-state index contributed by atoms with van der Waals surface area (Å²) in [6.07, 6.45) is 0.615. The highest BCUT2D eigenvalue weighted by Gasteiger charge is 2.17. The van der Waals surface area contributed by atoms with Gasteiger partial charge in [0.25, 0.3) is 0 Å². The lowest BCUT2D eigenvalue weighted by Crippen LogP contribution is -2.23. The Balaban J connectivity index is 1.69. The Labute approximate surface area is 206 Å². The van der Waals surface area contributed by atoms with Crippen molar-refractivity contribution in [1.29, 1.82) is 0 Å². The van der Waals surface area contributed by atoms with Crippen molar-refractivity contribution >= 4 is 16.7 Å². The van der Waals surface area contributed by atoms with Crippen LogP contribution in [0.3, 0.4) is 0 Å². The molecule has 0 radical (unpaired) electrons. The van der Waals surface area contributed by atoms with Crippen molar-refractivity contribution in [3.8, 4) is 17.0 Å². The van der Waals surface area contributed by atoms with Gasteiger partial charge in [0.2, 0.25) is 0 Å². The minimum Gasteiger partial charge on any atom is -0.497 e. The molecule has 4 aromatic rings. The number of pyridine rings is 1. The first-order valence-corrected chi connectivity index (χ1v) is 12.0. The Bertz CT molecular complexity index is 1350. The van der Waals surface area contributed by atoms with Crippen LogP contribution in [0, 0.1) is 6.92 Å². The molecule has 0 spiro atoms. The Kier molecular flexibility index (Phi) is 7.47. The van der Waals surface area contributed by atoms with Crippen LogP contribution in [-0.2, 0) is 11.2 Å². The summed E-state index contributed by atoms with van der Waals surface area (Å²) in [6, 6.07) is 24.9. The molecule has 0 aliphatic heterocycles. The van der Waals surface area contributed by atoms with E-state index in [9.17, 15) is 4.79 Å². The standard InChI is InChI=1S/C30H32N2O3/c1-19-12-13-25(16-22(19)14-15-29(33)34)30-27-11-6-5-8-24(27)18-28(32-30)21(3)31-20(2)23-9-7-10-26(17-23)35-4/h5-13,16-18,20-21,31H,14-15H2,1-4H3,(H,33,34)/t20-,21?/m1/s1. The summed E-state index contributed by atoms with van der Waals surface area (Å²) in [4.78, 5) is 16.2. The summed E-state index contributed by atoms with van der Waals surface area (Å²) in [5.74, 6) is 0.0541. The molecule has 1 heterocycles. The number of carbonyl (C=O) groups is 1. The van der Waals surface area contributed by atoms with E-state index >= 15 is 0 Å². The largest absolute Gasteiger partial charge is 0.497 e. The van der Waals surface area contributed by atoms with E-state index in [0.717, 1.165) is 50.2 Å². The summed E-state index contributed by atoms with van der Waals surface area (Å²) >= 11 is 0. The SMILES string of the molecule is COc1cccc([C@@H](C)NC(C)c2cc3ccccc3c(-c3ccc(C)c(CCC(=O)O)c3)n2)c1. The van der Waals surface area contributed by atoms with Gasteiger partial charge >= 0.3 is 5.97 Å². The lowest BCUT2D eigenvalue weighted by molar-refractivity contribution is -0.136. The molecule has 0 saturated carbocycles. The first kappa shape index (κ1) is 24.4. The molecular weight excluding hydrogens is 436 g/mol. The maximum absolute atomic E-state index is 11.1. The third-order valence-corrected chi connectivity index (χ3v) is 6.53. The van der Waals surface area contributed by atoms with Gasteiger partial charge in [-0.25, -0.2) is 0 Å². The Morgan fingerprint density at radius 1 is 1.00 bits per heavy atom. The predicted molar refractivity (Wildman–Crippen MR) is 141 cm³/mol. The zero-order valence-electron chi connectivity index (χ0n) is 20.7. The summed E-state index contributed by atoms with van der Waals surface area (Å²) in [5.41, 5.74) is 6.16. The summed E-state index contributed by atoms with van der Waals surface area (Å²) in [7, 11) is 1.68. The molecule has 2 N–H and O–H groups in total. The highest BCUT2D eigenvalue weighted by atomic mass is 16.5. The van der Waals surface area contributed by atoms with Crippen LogP contribution in [0.1, 0.15) is 54.7 Å². The second-order valence-electron chi connectivity index (χ2n) is 9.04. The van der Waals surface area contributed by atoms with Crippen molar-refractivity contribution in [3.05, 3.63) is 95.2 Å². The normalized spacial score (nSPS) is 12.9. The lowest BCUT2D eigenvalue weighted by atomic mass is 9.96.